The number of nitrogens with two attached hydrogens (primary N) is 1. The number of thiazole rings is 1. The van der Waals surface area contributed by atoms with Crippen LogP contribution < -0.4 is 10.6 Å². The number of anilines is 3. The third-order valence-electron chi connectivity index (χ3n) is 6.18. The van der Waals surface area contributed by atoms with Crippen molar-refractivity contribution in [2.24, 2.45) is 0 Å². The van der Waals surface area contributed by atoms with Crippen molar-refractivity contribution in [2.45, 2.75) is 43.6 Å². The molecule has 0 bridgehead atoms. The Morgan fingerprint density at radius 3 is 2.84 bits per heavy atom. The lowest BCUT2D eigenvalue weighted by Gasteiger charge is -2.25. The number of aliphatic hydroxyl groups is 1. The second-order valence-electron chi connectivity index (χ2n) is 8.36. The van der Waals surface area contributed by atoms with Crippen LogP contribution in [0.5, 0.6) is 0 Å². The van der Waals surface area contributed by atoms with Gasteiger partial charge < -0.3 is 15.7 Å². The lowest BCUT2D eigenvalue weighted by Crippen LogP contribution is -2.29. The molecule has 158 valence electrons. The van der Waals surface area contributed by atoms with Gasteiger partial charge in [-0.3, -0.25) is 0 Å². The van der Waals surface area contributed by atoms with Crippen LogP contribution in [-0.2, 0) is 11.0 Å². The fraction of sp³-hybridized carbons (Fsp3) is 0.348. The monoisotopic (exact) mass is 451 g/mol. The van der Waals surface area contributed by atoms with Gasteiger partial charge in [-0.05, 0) is 37.5 Å². The predicted molar refractivity (Wildman–Crippen MR) is 124 cm³/mol. The molecule has 0 amide bonds. The maximum atomic E-state index is 10.7. The van der Waals surface area contributed by atoms with Crippen molar-refractivity contribution < 1.29 is 5.11 Å². The van der Waals surface area contributed by atoms with E-state index in [9.17, 15) is 5.11 Å². The number of hydrogen-bond acceptors (Lipinski definition) is 7. The minimum absolute atomic E-state index is 0.0940. The molecular weight excluding hydrogens is 430 g/mol. The molecule has 1 spiro atoms. The molecule has 3 N–H and O–H groups in total. The van der Waals surface area contributed by atoms with Crippen LogP contribution in [0.1, 0.15) is 48.7 Å². The molecular formula is C23H22ClN5OS. The predicted octanol–water partition coefficient (Wildman–Crippen LogP) is 4.39. The zero-order chi connectivity index (χ0) is 21.6. The zero-order valence-electron chi connectivity index (χ0n) is 17.1. The Hall–Kier alpha value is -2.66. The Labute approximate surface area is 190 Å². The normalized spacial score (nSPS) is 18.5. The summed E-state index contributed by atoms with van der Waals surface area (Å²) in [5.74, 6) is 6.92. The summed E-state index contributed by atoms with van der Waals surface area (Å²) in [6, 6.07) is 6.26. The molecule has 1 saturated carbocycles. The van der Waals surface area contributed by atoms with Gasteiger partial charge in [0, 0.05) is 34.8 Å². The van der Waals surface area contributed by atoms with E-state index in [0.717, 1.165) is 30.6 Å². The van der Waals surface area contributed by atoms with Crippen LogP contribution in [0, 0.1) is 11.8 Å². The molecule has 2 aromatic heterocycles. The first-order valence-corrected chi connectivity index (χ1v) is 11.5. The molecule has 3 heterocycles. The van der Waals surface area contributed by atoms with Crippen LogP contribution >= 0.6 is 22.9 Å². The number of rotatable bonds is 2. The summed E-state index contributed by atoms with van der Waals surface area (Å²) >= 11 is 7.85. The van der Waals surface area contributed by atoms with E-state index in [2.05, 4.69) is 43.8 Å². The van der Waals surface area contributed by atoms with Crippen LogP contribution in [0.15, 0.2) is 36.0 Å². The molecule has 0 radical (unpaired) electrons. The summed E-state index contributed by atoms with van der Waals surface area (Å²) in [5, 5.41) is 13.6. The van der Waals surface area contributed by atoms with Gasteiger partial charge in [0.2, 0.25) is 5.95 Å². The van der Waals surface area contributed by atoms with Crippen LogP contribution in [-0.4, -0.2) is 26.6 Å². The van der Waals surface area contributed by atoms with E-state index < -0.39 is 5.60 Å². The van der Waals surface area contributed by atoms with Crippen LogP contribution in [0.25, 0.3) is 0 Å². The maximum absolute atomic E-state index is 10.7. The molecule has 3 aromatic rings. The number of benzene rings is 1. The van der Waals surface area contributed by atoms with E-state index in [1.807, 2.05) is 11.4 Å². The highest BCUT2D eigenvalue weighted by atomic mass is 35.5. The molecule has 5 rings (SSSR count). The average Bonchev–Trinajstić information content (AvgIpc) is 3.50. The van der Waals surface area contributed by atoms with Crippen molar-refractivity contribution in [3.8, 4) is 11.8 Å². The fourth-order valence-electron chi connectivity index (χ4n) is 4.69. The maximum Gasteiger partial charge on any atom is 0.222 e. The smallest absolute Gasteiger partial charge is 0.222 e. The van der Waals surface area contributed by atoms with Crippen molar-refractivity contribution in [3.05, 3.63) is 57.1 Å². The van der Waals surface area contributed by atoms with E-state index >= 15 is 0 Å². The highest BCUT2D eigenvalue weighted by Crippen LogP contribution is 2.53. The van der Waals surface area contributed by atoms with Gasteiger partial charge in [-0.2, -0.15) is 4.98 Å². The van der Waals surface area contributed by atoms with E-state index in [1.54, 1.807) is 19.3 Å². The van der Waals surface area contributed by atoms with Gasteiger partial charge in [-0.1, -0.05) is 42.3 Å². The van der Waals surface area contributed by atoms with Crippen molar-refractivity contribution in [1.82, 2.24) is 15.0 Å². The summed E-state index contributed by atoms with van der Waals surface area (Å²) in [6.07, 6.45) is 7.92. The highest BCUT2D eigenvalue weighted by Gasteiger charge is 2.45. The second-order valence-corrected chi connectivity index (χ2v) is 9.67. The Kier molecular flexibility index (Phi) is 4.89. The Morgan fingerprint density at radius 1 is 1.29 bits per heavy atom. The van der Waals surface area contributed by atoms with Crippen molar-refractivity contribution in [3.63, 3.8) is 0 Å². The number of halogens is 1. The fourth-order valence-corrected chi connectivity index (χ4v) is 5.54. The Morgan fingerprint density at radius 2 is 2.10 bits per heavy atom. The topological polar surface area (TPSA) is 88.2 Å². The SMILES string of the molecule is CC(O)(C#Cc1ccc2c(c1)N(c1nc(N)ncc1Cl)CC21CCCC1)c1nccs1. The van der Waals surface area contributed by atoms with Crippen LogP contribution in [0.4, 0.5) is 17.5 Å². The summed E-state index contributed by atoms with van der Waals surface area (Å²) in [6.45, 7) is 2.47. The first kappa shape index (κ1) is 20.3. The van der Waals surface area contributed by atoms with E-state index in [4.69, 9.17) is 17.3 Å². The minimum Gasteiger partial charge on any atom is -0.371 e. The minimum atomic E-state index is -1.30. The summed E-state index contributed by atoms with van der Waals surface area (Å²) < 4.78 is 0. The first-order chi connectivity index (χ1) is 14.9. The van der Waals surface area contributed by atoms with Crippen LogP contribution in [0.2, 0.25) is 5.02 Å². The first-order valence-electron chi connectivity index (χ1n) is 10.2. The molecule has 1 aromatic carbocycles. The number of nitrogen functional groups attached to an aromatic ring is 1. The Balaban J connectivity index is 1.58. The molecule has 1 aliphatic heterocycles. The van der Waals surface area contributed by atoms with Crippen molar-refractivity contribution >= 4 is 40.4 Å². The average molecular weight is 452 g/mol. The molecule has 31 heavy (non-hydrogen) atoms. The van der Waals surface area contributed by atoms with Crippen LogP contribution in [0.3, 0.4) is 0 Å². The third kappa shape index (κ3) is 3.55. The van der Waals surface area contributed by atoms with Gasteiger partial charge in [0.05, 0.1) is 6.20 Å². The number of nitrogens with zero attached hydrogens (tertiary/aromatic N) is 4. The van der Waals surface area contributed by atoms with Crippen molar-refractivity contribution in [2.75, 3.05) is 17.2 Å². The largest absolute Gasteiger partial charge is 0.371 e. The van der Waals surface area contributed by atoms with Crippen molar-refractivity contribution in [1.29, 1.82) is 0 Å². The lowest BCUT2D eigenvalue weighted by atomic mass is 9.80. The molecule has 6 nitrogen and oxygen atoms in total. The van der Waals surface area contributed by atoms with Gasteiger partial charge in [0.15, 0.2) is 11.4 Å². The van der Waals surface area contributed by atoms with E-state index in [0.29, 0.717) is 15.8 Å². The quantitative estimate of drug-likeness (QED) is 0.562. The van der Waals surface area contributed by atoms with Gasteiger partial charge in [0.25, 0.3) is 0 Å². The Bertz CT molecular complexity index is 1190. The molecule has 1 unspecified atom stereocenters. The van der Waals surface area contributed by atoms with Gasteiger partial charge >= 0.3 is 0 Å². The summed E-state index contributed by atoms with van der Waals surface area (Å²) in [5.41, 5.74) is 7.82. The number of aromatic nitrogens is 3. The van der Waals surface area contributed by atoms with E-state index in [1.165, 1.54) is 29.7 Å². The van der Waals surface area contributed by atoms with Gasteiger partial charge in [-0.25, -0.2) is 9.97 Å². The number of fused-ring (bicyclic) bond motifs is 2. The summed E-state index contributed by atoms with van der Waals surface area (Å²) in [4.78, 5) is 14.8. The number of hydrogen-bond donors (Lipinski definition) is 2. The molecule has 2 aliphatic rings. The van der Waals surface area contributed by atoms with E-state index in [-0.39, 0.29) is 11.4 Å². The lowest BCUT2D eigenvalue weighted by molar-refractivity contribution is 0.122. The standard InChI is InChI=1S/C23H22ClN5OS/c1-22(30,20-26-10-11-31-20)9-6-15-4-5-16-18(12-15)29(14-23(16)7-2-3-8-23)19-17(24)13-27-21(25)28-19/h4-5,10-13,30H,2-3,7-8,14H2,1H3,(H2,25,27,28). The molecule has 8 heteroatoms. The molecule has 1 atom stereocenters. The third-order valence-corrected chi connectivity index (χ3v) is 7.43. The second kappa shape index (κ2) is 7.49. The molecule has 1 fully saturated rings. The highest BCUT2D eigenvalue weighted by molar-refractivity contribution is 7.09. The molecule has 1 aliphatic carbocycles. The van der Waals surface area contributed by atoms with Gasteiger partial charge in [0.1, 0.15) is 10.0 Å². The molecule has 0 saturated heterocycles. The zero-order valence-corrected chi connectivity index (χ0v) is 18.7. The summed E-state index contributed by atoms with van der Waals surface area (Å²) in [7, 11) is 0. The van der Waals surface area contributed by atoms with Gasteiger partial charge in [-0.15, -0.1) is 11.3 Å².